The second-order valence-electron chi connectivity index (χ2n) is 7.73. The molecule has 0 N–H and O–H groups in total. The molecule has 9 heteroatoms. The second kappa shape index (κ2) is 9.71. The van der Waals surface area contributed by atoms with Crippen LogP contribution in [0.2, 0.25) is 0 Å². The van der Waals surface area contributed by atoms with Gasteiger partial charge in [-0.3, -0.25) is 9.36 Å². The van der Waals surface area contributed by atoms with Gasteiger partial charge in [0.25, 0.3) is 5.56 Å². The standard InChI is InChI=1S/C26H23N3O5S/c1-16-21(27-24(34-16)19-10-6-12-22(31-2)23(19)32-3)15-35-26-28-20-11-5-4-9-18(20)25(30)29(26)14-17-8-7-13-33-17/h4-13H,14-15H2,1-3H3. The number of furan rings is 1. The van der Waals surface area contributed by atoms with Crippen molar-refractivity contribution < 1.29 is 18.3 Å². The lowest BCUT2D eigenvalue weighted by Gasteiger charge is -2.11. The molecule has 0 aliphatic carbocycles. The fourth-order valence-electron chi connectivity index (χ4n) is 3.82. The molecule has 0 unspecified atom stereocenters. The van der Waals surface area contributed by atoms with Gasteiger partial charge >= 0.3 is 0 Å². The first-order chi connectivity index (χ1) is 17.1. The summed E-state index contributed by atoms with van der Waals surface area (Å²) in [5.74, 6) is 3.41. The Morgan fingerprint density at radius 1 is 1.00 bits per heavy atom. The molecular formula is C26H23N3O5S. The van der Waals surface area contributed by atoms with Crippen molar-refractivity contribution in [1.82, 2.24) is 14.5 Å². The van der Waals surface area contributed by atoms with Gasteiger partial charge in [-0.15, -0.1) is 0 Å². The van der Waals surface area contributed by atoms with Gasteiger partial charge in [-0.05, 0) is 43.3 Å². The van der Waals surface area contributed by atoms with Gasteiger partial charge in [0.05, 0.1) is 49.2 Å². The van der Waals surface area contributed by atoms with Gasteiger partial charge in [0.2, 0.25) is 5.89 Å². The first kappa shape index (κ1) is 22.8. The van der Waals surface area contributed by atoms with Crippen LogP contribution in [0.1, 0.15) is 17.2 Å². The maximum absolute atomic E-state index is 13.3. The van der Waals surface area contributed by atoms with Gasteiger partial charge < -0.3 is 18.3 Å². The van der Waals surface area contributed by atoms with Gasteiger partial charge in [0.15, 0.2) is 16.7 Å². The van der Waals surface area contributed by atoms with E-state index in [0.717, 1.165) is 5.69 Å². The van der Waals surface area contributed by atoms with E-state index in [1.165, 1.54) is 11.8 Å². The number of rotatable bonds is 8. The molecule has 0 spiro atoms. The third-order valence-corrected chi connectivity index (χ3v) is 6.57. The van der Waals surface area contributed by atoms with Crippen molar-refractivity contribution in [2.45, 2.75) is 24.4 Å². The molecule has 35 heavy (non-hydrogen) atoms. The summed E-state index contributed by atoms with van der Waals surface area (Å²) in [5, 5.41) is 1.14. The number of oxazole rings is 1. The number of aromatic nitrogens is 3. The van der Waals surface area contributed by atoms with E-state index in [9.17, 15) is 4.79 Å². The number of para-hydroxylation sites is 2. The van der Waals surface area contributed by atoms with E-state index in [-0.39, 0.29) is 12.1 Å². The minimum atomic E-state index is -0.117. The molecule has 0 amide bonds. The average molecular weight is 490 g/mol. The third-order valence-electron chi connectivity index (χ3n) is 5.58. The van der Waals surface area contributed by atoms with E-state index >= 15 is 0 Å². The number of benzene rings is 2. The fraction of sp³-hybridized carbons (Fsp3) is 0.192. The number of hydrogen-bond acceptors (Lipinski definition) is 8. The number of fused-ring (bicyclic) bond motifs is 1. The van der Waals surface area contributed by atoms with Crippen LogP contribution in [0.3, 0.4) is 0 Å². The number of hydrogen-bond donors (Lipinski definition) is 0. The topological polar surface area (TPSA) is 92.5 Å². The molecule has 8 nitrogen and oxygen atoms in total. The summed E-state index contributed by atoms with van der Waals surface area (Å²) in [5.41, 5.74) is 1.98. The number of nitrogens with zero attached hydrogens (tertiary/aromatic N) is 3. The van der Waals surface area contributed by atoms with Gasteiger partial charge in [-0.25, -0.2) is 9.97 Å². The summed E-state index contributed by atoms with van der Waals surface area (Å²) < 4.78 is 24.0. The molecular weight excluding hydrogens is 466 g/mol. The van der Waals surface area contributed by atoms with Crippen LogP contribution in [-0.4, -0.2) is 28.8 Å². The summed E-state index contributed by atoms with van der Waals surface area (Å²) in [6.07, 6.45) is 1.59. The van der Waals surface area contributed by atoms with Gasteiger partial charge in [-0.2, -0.15) is 0 Å². The Morgan fingerprint density at radius 2 is 1.86 bits per heavy atom. The van der Waals surface area contributed by atoms with Crippen molar-refractivity contribution in [3.05, 3.63) is 88.4 Å². The summed E-state index contributed by atoms with van der Waals surface area (Å²) in [4.78, 5) is 22.8. The zero-order valence-electron chi connectivity index (χ0n) is 19.5. The van der Waals surface area contributed by atoms with Crippen molar-refractivity contribution >= 4 is 22.7 Å². The molecule has 5 rings (SSSR count). The highest BCUT2D eigenvalue weighted by Gasteiger charge is 2.20. The van der Waals surface area contributed by atoms with Crippen LogP contribution in [0.25, 0.3) is 22.4 Å². The second-order valence-corrected chi connectivity index (χ2v) is 8.68. The molecule has 0 saturated heterocycles. The normalized spacial score (nSPS) is 11.2. The van der Waals surface area contributed by atoms with Crippen molar-refractivity contribution in [1.29, 1.82) is 0 Å². The Bertz CT molecular complexity index is 1540. The van der Waals surface area contributed by atoms with Crippen LogP contribution in [0.15, 0.2) is 79.6 Å². The minimum Gasteiger partial charge on any atom is -0.493 e. The highest BCUT2D eigenvalue weighted by atomic mass is 32.2. The fourth-order valence-corrected chi connectivity index (χ4v) is 4.82. The SMILES string of the molecule is COc1cccc(-c2nc(CSc3nc4ccccc4c(=O)n3Cc3ccco3)c(C)o2)c1OC. The third kappa shape index (κ3) is 4.42. The average Bonchev–Trinajstić information content (AvgIpc) is 3.53. The summed E-state index contributed by atoms with van der Waals surface area (Å²) in [7, 11) is 3.17. The van der Waals surface area contributed by atoms with E-state index in [0.29, 0.717) is 56.3 Å². The lowest BCUT2D eigenvalue weighted by Crippen LogP contribution is -2.23. The molecule has 0 fully saturated rings. The van der Waals surface area contributed by atoms with Crippen LogP contribution < -0.4 is 15.0 Å². The van der Waals surface area contributed by atoms with Gasteiger partial charge in [0.1, 0.15) is 11.5 Å². The van der Waals surface area contributed by atoms with E-state index in [1.807, 2.05) is 49.4 Å². The van der Waals surface area contributed by atoms with Crippen LogP contribution in [0, 0.1) is 6.92 Å². The Labute approximate surface area is 205 Å². The molecule has 0 saturated carbocycles. The largest absolute Gasteiger partial charge is 0.493 e. The zero-order valence-corrected chi connectivity index (χ0v) is 20.3. The van der Waals surface area contributed by atoms with Crippen molar-refractivity contribution in [2.24, 2.45) is 0 Å². The van der Waals surface area contributed by atoms with Gasteiger partial charge in [0, 0.05) is 5.75 Å². The highest BCUT2D eigenvalue weighted by Crippen LogP contribution is 2.38. The highest BCUT2D eigenvalue weighted by molar-refractivity contribution is 7.98. The molecule has 5 aromatic rings. The predicted molar refractivity (Wildman–Crippen MR) is 133 cm³/mol. The Kier molecular flexibility index (Phi) is 6.33. The zero-order chi connectivity index (χ0) is 24.4. The molecule has 0 aliphatic rings. The van der Waals surface area contributed by atoms with E-state index in [1.54, 1.807) is 37.2 Å². The van der Waals surface area contributed by atoms with Crippen molar-refractivity contribution in [3.63, 3.8) is 0 Å². The molecule has 3 heterocycles. The van der Waals surface area contributed by atoms with E-state index < -0.39 is 0 Å². The maximum atomic E-state index is 13.3. The van der Waals surface area contributed by atoms with E-state index in [4.69, 9.17) is 28.3 Å². The Hall–Kier alpha value is -3.98. The number of thioether (sulfide) groups is 1. The quantitative estimate of drug-likeness (QED) is 0.214. The lowest BCUT2D eigenvalue weighted by atomic mass is 10.2. The lowest BCUT2D eigenvalue weighted by molar-refractivity contribution is 0.355. The molecule has 3 aromatic heterocycles. The first-order valence-electron chi connectivity index (χ1n) is 10.9. The smallest absolute Gasteiger partial charge is 0.262 e. The molecule has 0 bridgehead atoms. The first-order valence-corrected chi connectivity index (χ1v) is 11.9. The molecule has 2 aromatic carbocycles. The predicted octanol–water partition coefficient (Wildman–Crippen LogP) is 5.31. The number of aryl methyl sites for hydroxylation is 1. The van der Waals surface area contributed by atoms with Crippen LogP contribution in [-0.2, 0) is 12.3 Å². The van der Waals surface area contributed by atoms with E-state index in [2.05, 4.69) is 0 Å². The van der Waals surface area contributed by atoms with Crippen LogP contribution in [0.4, 0.5) is 0 Å². The van der Waals surface area contributed by atoms with Crippen LogP contribution in [0.5, 0.6) is 11.5 Å². The van der Waals surface area contributed by atoms with Gasteiger partial charge in [-0.1, -0.05) is 30.0 Å². The summed E-state index contributed by atoms with van der Waals surface area (Å²) in [6.45, 7) is 2.15. The Morgan fingerprint density at radius 3 is 2.63 bits per heavy atom. The summed E-state index contributed by atoms with van der Waals surface area (Å²) >= 11 is 1.42. The molecule has 0 atom stereocenters. The molecule has 0 aliphatic heterocycles. The maximum Gasteiger partial charge on any atom is 0.262 e. The molecule has 0 radical (unpaired) electrons. The molecule has 178 valence electrons. The van der Waals surface area contributed by atoms with Crippen LogP contribution >= 0.6 is 11.8 Å². The van der Waals surface area contributed by atoms with Crippen molar-refractivity contribution in [2.75, 3.05) is 14.2 Å². The number of ether oxygens (including phenoxy) is 2. The monoisotopic (exact) mass is 489 g/mol. The minimum absolute atomic E-state index is 0.117. The summed E-state index contributed by atoms with van der Waals surface area (Å²) in [6, 6.07) is 16.5. The Balaban J connectivity index is 1.49. The number of methoxy groups -OCH3 is 2. The van der Waals surface area contributed by atoms with Crippen molar-refractivity contribution in [3.8, 4) is 23.0 Å².